The summed E-state index contributed by atoms with van der Waals surface area (Å²) >= 11 is 5.93. The molecule has 142 valence electrons. The molecular weight excluding hydrogens is 398 g/mol. The minimum absolute atomic E-state index is 0.105. The fourth-order valence-corrected chi connectivity index (χ4v) is 2.85. The first-order valence-electron chi connectivity index (χ1n) is 7.23. The summed E-state index contributed by atoms with van der Waals surface area (Å²) in [5, 5.41) is 22.3. The predicted octanol–water partition coefficient (Wildman–Crippen LogP) is 2.41. The second-order valence-corrected chi connectivity index (χ2v) is 7.14. The van der Waals surface area contributed by atoms with Gasteiger partial charge in [-0.05, 0) is 25.1 Å². The molecule has 0 spiro atoms. The molecule has 0 aliphatic carbocycles. The number of aryl methyl sites for hydroxylation is 1. The zero-order valence-electron chi connectivity index (χ0n) is 13.9. The molecule has 0 aliphatic rings. The fraction of sp³-hybridized carbons (Fsp3) is 0.0667. The van der Waals surface area contributed by atoms with Crippen LogP contribution in [0.2, 0.25) is 5.02 Å². The number of hydrogen-bond acceptors (Lipinski definition) is 7. The monoisotopic (exact) mass is 411 g/mol. The third kappa shape index (κ3) is 5.23. The first kappa shape index (κ1) is 20.3. The van der Waals surface area contributed by atoms with E-state index in [1.807, 2.05) is 0 Å². The van der Waals surface area contributed by atoms with Gasteiger partial charge in [0.1, 0.15) is 0 Å². The summed E-state index contributed by atoms with van der Waals surface area (Å²) in [6.45, 7) is 1.78. The van der Waals surface area contributed by atoms with E-state index in [2.05, 4.69) is 5.10 Å². The van der Waals surface area contributed by atoms with Gasteiger partial charge in [-0.2, -0.15) is 8.42 Å². The van der Waals surface area contributed by atoms with Crippen LogP contribution in [-0.4, -0.2) is 30.7 Å². The number of halogens is 1. The minimum Gasteiger partial charge on any atom is -0.367 e. The highest BCUT2D eigenvalue weighted by Gasteiger charge is 2.21. The summed E-state index contributed by atoms with van der Waals surface area (Å²) in [5.41, 5.74) is 5.99. The maximum atomic E-state index is 12.3. The standard InChI is InChI=1S/C15H14ClN5O5S/c1-10-2-5-13(6-3-10)27(24,25)26-20(15(17)18)19-9-11-8-12(21(22)23)4-7-14(11)16/h2-9H,1H3,(H3,17,18). The maximum absolute atomic E-state index is 12.3. The average molecular weight is 412 g/mol. The van der Waals surface area contributed by atoms with Crippen LogP contribution in [0.4, 0.5) is 5.69 Å². The van der Waals surface area contributed by atoms with Gasteiger partial charge < -0.3 is 5.73 Å². The normalized spacial score (nSPS) is 11.5. The summed E-state index contributed by atoms with van der Waals surface area (Å²) in [5.74, 6) is -0.830. The van der Waals surface area contributed by atoms with Gasteiger partial charge in [0, 0.05) is 22.7 Å². The molecule has 2 rings (SSSR count). The molecular formula is C15H14ClN5O5S. The lowest BCUT2D eigenvalue weighted by Gasteiger charge is -2.15. The van der Waals surface area contributed by atoms with Crippen molar-refractivity contribution < 1.29 is 17.6 Å². The van der Waals surface area contributed by atoms with E-state index in [4.69, 9.17) is 27.0 Å². The van der Waals surface area contributed by atoms with E-state index in [0.717, 1.165) is 17.8 Å². The summed E-state index contributed by atoms with van der Waals surface area (Å²) in [6, 6.07) is 9.39. The Labute approximate surface area is 159 Å². The Morgan fingerprint density at radius 3 is 2.52 bits per heavy atom. The number of nitro benzene ring substituents is 1. The lowest BCUT2D eigenvalue weighted by Crippen LogP contribution is -2.34. The van der Waals surface area contributed by atoms with E-state index in [1.165, 1.54) is 24.3 Å². The SMILES string of the molecule is Cc1ccc(S(=O)(=O)ON(N=Cc2cc([N+](=O)[O-])ccc2Cl)C(=N)N)cc1. The molecule has 0 atom stereocenters. The number of benzene rings is 2. The Kier molecular flexibility index (Phi) is 6.10. The highest BCUT2D eigenvalue weighted by Crippen LogP contribution is 2.21. The largest absolute Gasteiger partial charge is 0.367 e. The first-order chi connectivity index (χ1) is 12.6. The molecule has 0 radical (unpaired) electrons. The quantitative estimate of drug-likeness (QED) is 0.320. The van der Waals surface area contributed by atoms with E-state index in [0.29, 0.717) is 0 Å². The number of rotatable bonds is 6. The lowest BCUT2D eigenvalue weighted by molar-refractivity contribution is -0.384. The van der Waals surface area contributed by atoms with E-state index < -0.39 is 21.0 Å². The number of nitro groups is 1. The number of nitrogens with zero attached hydrogens (tertiary/aromatic N) is 3. The summed E-state index contributed by atoms with van der Waals surface area (Å²) in [6.07, 6.45) is 0.987. The van der Waals surface area contributed by atoms with Crippen LogP contribution in [0.25, 0.3) is 0 Å². The summed E-state index contributed by atoms with van der Waals surface area (Å²) in [4.78, 5) is 10.0. The highest BCUT2D eigenvalue weighted by molar-refractivity contribution is 7.86. The van der Waals surface area contributed by atoms with Crippen LogP contribution in [0.5, 0.6) is 0 Å². The fourth-order valence-electron chi connectivity index (χ4n) is 1.82. The highest BCUT2D eigenvalue weighted by atomic mass is 35.5. The van der Waals surface area contributed by atoms with Gasteiger partial charge >= 0.3 is 10.1 Å². The van der Waals surface area contributed by atoms with Crippen molar-refractivity contribution in [2.75, 3.05) is 0 Å². The number of nitrogens with one attached hydrogen (secondary N) is 1. The average Bonchev–Trinajstić information content (AvgIpc) is 2.59. The summed E-state index contributed by atoms with van der Waals surface area (Å²) in [7, 11) is -4.31. The number of hydrazone groups is 1. The molecule has 12 heteroatoms. The van der Waals surface area contributed by atoms with Crippen molar-refractivity contribution in [1.82, 2.24) is 5.17 Å². The minimum atomic E-state index is -4.31. The molecule has 3 N–H and O–H groups in total. The van der Waals surface area contributed by atoms with Crippen molar-refractivity contribution in [2.45, 2.75) is 11.8 Å². The van der Waals surface area contributed by atoms with Gasteiger partial charge in [-0.3, -0.25) is 15.5 Å². The third-order valence-corrected chi connectivity index (χ3v) is 4.71. The molecule has 0 heterocycles. The molecule has 0 amide bonds. The van der Waals surface area contributed by atoms with E-state index in [1.54, 1.807) is 19.1 Å². The van der Waals surface area contributed by atoms with Crippen LogP contribution in [-0.2, 0) is 14.4 Å². The molecule has 2 aromatic rings. The van der Waals surface area contributed by atoms with Gasteiger partial charge in [-0.15, -0.1) is 9.39 Å². The Bertz CT molecular complexity index is 1010. The maximum Gasteiger partial charge on any atom is 0.319 e. The molecule has 0 saturated carbocycles. The van der Waals surface area contributed by atoms with E-state index in [-0.39, 0.29) is 26.3 Å². The van der Waals surface area contributed by atoms with Crippen molar-refractivity contribution in [1.29, 1.82) is 5.41 Å². The van der Waals surface area contributed by atoms with Crippen molar-refractivity contribution in [2.24, 2.45) is 10.8 Å². The number of hydrogen-bond donors (Lipinski definition) is 2. The number of hydroxylamine groups is 1. The van der Waals surface area contributed by atoms with Crippen LogP contribution in [0.15, 0.2) is 52.5 Å². The Morgan fingerprint density at radius 2 is 1.96 bits per heavy atom. The Morgan fingerprint density at radius 1 is 1.33 bits per heavy atom. The van der Waals surface area contributed by atoms with Gasteiger partial charge in [0.05, 0.1) is 16.0 Å². The Balaban J connectivity index is 2.29. The molecule has 0 fully saturated rings. The molecule has 0 aliphatic heterocycles. The second-order valence-electron chi connectivity index (χ2n) is 5.21. The van der Waals surface area contributed by atoms with E-state index >= 15 is 0 Å². The van der Waals surface area contributed by atoms with Gasteiger partial charge in [0.2, 0.25) is 5.96 Å². The third-order valence-electron chi connectivity index (χ3n) is 3.18. The summed E-state index contributed by atoms with van der Waals surface area (Å²) < 4.78 is 29.3. The number of nitrogens with two attached hydrogens (primary N) is 1. The number of guanidine groups is 1. The predicted molar refractivity (Wildman–Crippen MR) is 98.9 cm³/mol. The molecule has 0 unspecified atom stereocenters. The van der Waals surface area contributed by atoms with Crippen molar-refractivity contribution in [3.8, 4) is 0 Å². The molecule has 27 heavy (non-hydrogen) atoms. The zero-order valence-corrected chi connectivity index (χ0v) is 15.4. The van der Waals surface area contributed by atoms with Gasteiger partial charge in [0.25, 0.3) is 5.69 Å². The number of non-ortho nitro benzene ring substituents is 1. The van der Waals surface area contributed by atoms with Gasteiger partial charge in [-0.1, -0.05) is 34.5 Å². The molecule has 2 aromatic carbocycles. The topological polar surface area (TPSA) is 152 Å². The molecule has 10 nitrogen and oxygen atoms in total. The zero-order chi connectivity index (χ0) is 20.2. The van der Waals surface area contributed by atoms with E-state index in [9.17, 15) is 18.5 Å². The Hall–Kier alpha value is -3.02. The van der Waals surface area contributed by atoms with Crippen LogP contribution >= 0.6 is 11.6 Å². The first-order valence-corrected chi connectivity index (χ1v) is 9.02. The van der Waals surface area contributed by atoms with Crippen LogP contribution < -0.4 is 5.73 Å². The second kappa shape index (κ2) is 8.12. The van der Waals surface area contributed by atoms with Gasteiger partial charge in [-0.25, -0.2) is 0 Å². The molecule has 0 bridgehead atoms. The van der Waals surface area contributed by atoms with Crippen LogP contribution in [0.3, 0.4) is 0 Å². The van der Waals surface area contributed by atoms with Crippen LogP contribution in [0.1, 0.15) is 11.1 Å². The van der Waals surface area contributed by atoms with Gasteiger partial charge in [0.15, 0.2) is 0 Å². The van der Waals surface area contributed by atoms with Crippen LogP contribution in [0, 0.1) is 22.4 Å². The molecule has 0 saturated heterocycles. The van der Waals surface area contributed by atoms with Crippen molar-refractivity contribution in [3.63, 3.8) is 0 Å². The van der Waals surface area contributed by atoms with Crippen molar-refractivity contribution >= 4 is 39.6 Å². The molecule has 0 aromatic heterocycles. The smallest absolute Gasteiger partial charge is 0.319 e. The lowest BCUT2D eigenvalue weighted by atomic mass is 10.2. The van der Waals surface area contributed by atoms with Crippen molar-refractivity contribution in [3.05, 3.63) is 68.7 Å².